The average molecular weight is 262 g/mol. The van der Waals surface area contributed by atoms with Gasteiger partial charge in [-0.3, -0.25) is 9.59 Å². The van der Waals surface area contributed by atoms with Crippen LogP contribution in [0.3, 0.4) is 0 Å². The van der Waals surface area contributed by atoms with Crippen molar-refractivity contribution in [3.8, 4) is 0 Å². The molecule has 1 atom stereocenters. The molecule has 1 aromatic carbocycles. The topological polar surface area (TPSA) is 83.6 Å². The highest BCUT2D eigenvalue weighted by molar-refractivity contribution is 5.96. The van der Waals surface area contributed by atoms with Crippen LogP contribution in [0, 0.1) is 13.8 Å². The van der Waals surface area contributed by atoms with Gasteiger partial charge in [-0.05, 0) is 31.9 Å². The van der Waals surface area contributed by atoms with Gasteiger partial charge in [0.15, 0.2) is 0 Å². The van der Waals surface area contributed by atoms with E-state index in [2.05, 4.69) is 0 Å². The van der Waals surface area contributed by atoms with Crippen molar-refractivity contribution >= 4 is 11.9 Å². The number of carbonyl (C=O) groups excluding carboxylic acids is 1. The van der Waals surface area contributed by atoms with Crippen molar-refractivity contribution < 1.29 is 14.7 Å². The smallest absolute Gasteiger partial charge is 0.325 e. The second-order valence-electron chi connectivity index (χ2n) is 5.26. The van der Waals surface area contributed by atoms with Crippen LogP contribution in [0.5, 0.6) is 0 Å². The van der Waals surface area contributed by atoms with Gasteiger partial charge in [0, 0.05) is 18.7 Å². The van der Waals surface area contributed by atoms with Gasteiger partial charge in [0.1, 0.15) is 5.54 Å². The summed E-state index contributed by atoms with van der Waals surface area (Å²) in [5, 5.41) is 9.07. The molecule has 0 aliphatic carbocycles. The molecule has 1 unspecified atom stereocenters. The highest BCUT2D eigenvalue weighted by atomic mass is 16.4. The Morgan fingerprint density at radius 2 is 2.05 bits per heavy atom. The molecule has 19 heavy (non-hydrogen) atoms. The normalized spacial score (nSPS) is 22.6. The highest BCUT2D eigenvalue weighted by Gasteiger charge is 2.43. The molecular weight excluding hydrogens is 244 g/mol. The van der Waals surface area contributed by atoms with Gasteiger partial charge in [0.2, 0.25) is 0 Å². The maximum absolute atomic E-state index is 12.4. The van der Waals surface area contributed by atoms with Crippen LogP contribution in [0.2, 0.25) is 0 Å². The fourth-order valence-electron chi connectivity index (χ4n) is 2.40. The van der Waals surface area contributed by atoms with Crippen LogP contribution in [-0.2, 0) is 4.79 Å². The predicted molar refractivity (Wildman–Crippen MR) is 71.0 cm³/mol. The number of benzene rings is 1. The minimum atomic E-state index is -1.31. The molecule has 0 saturated carbocycles. The minimum Gasteiger partial charge on any atom is -0.480 e. The van der Waals surface area contributed by atoms with E-state index in [1.54, 1.807) is 6.07 Å². The van der Waals surface area contributed by atoms with Crippen molar-refractivity contribution in [1.29, 1.82) is 0 Å². The van der Waals surface area contributed by atoms with E-state index in [-0.39, 0.29) is 12.5 Å². The Kier molecular flexibility index (Phi) is 3.32. The molecule has 1 fully saturated rings. The molecule has 0 radical (unpaired) electrons. The monoisotopic (exact) mass is 262 g/mol. The summed E-state index contributed by atoms with van der Waals surface area (Å²) in [6.45, 7) is 4.29. The van der Waals surface area contributed by atoms with E-state index in [0.29, 0.717) is 18.5 Å². The van der Waals surface area contributed by atoms with Crippen LogP contribution in [0.15, 0.2) is 18.2 Å². The summed E-state index contributed by atoms with van der Waals surface area (Å²) < 4.78 is 0. The number of carboxylic acids is 1. The molecule has 3 N–H and O–H groups in total. The van der Waals surface area contributed by atoms with Crippen molar-refractivity contribution in [2.24, 2.45) is 5.73 Å². The van der Waals surface area contributed by atoms with Crippen LogP contribution in [0.25, 0.3) is 0 Å². The van der Waals surface area contributed by atoms with Crippen LogP contribution < -0.4 is 5.73 Å². The fraction of sp³-hybridized carbons (Fsp3) is 0.429. The number of amides is 1. The molecular formula is C14H18N2O3. The third-order valence-corrected chi connectivity index (χ3v) is 3.63. The Hall–Kier alpha value is -1.88. The molecule has 102 valence electrons. The van der Waals surface area contributed by atoms with Crippen molar-refractivity contribution in [1.82, 2.24) is 4.90 Å². The number of hydrogen-bond donors (Lipinski definition) is 2. The van der Waals surface area contributed by atoms with Crippen LogP contribution >= 0.6 is 0 Å². The lowest BCUT2D eigenvalue weighted by Crippen LogP contribution is -2.50. The molecule has 1 aliphatic heterocycles. The van der Waals surface area contributed by atoms with Gasteiger partial charge in [-0.1, -0.05) is 17.7 Å². The van der Waals surface area contributed by atoms with Crippen LogP contribution in [-0.4, -0.2) is 40.5 Å². The Morgan fingerprint density at radius 3 is 2.58 bits per heavy atom. The second kappa shape index (κ2) is 4.66. The Morgan fingerprint density at radius 1 is 1.37 bits per heavy atom. The third kappa shape index (κ3) is 2.46. The summed E-state index contributed by atoms with van der Waals surface area (Å²) in [5.74, 6) is -1.20. The molecule has 0 aromatic heterocycles. The summed E-state index contributed by atoms with van der Waals surface area (Å²) in [6.07, 6.45) is 0.291. The standard InChI is InChI=1S/C14H18N2O3/c1-9-3-4-11(10(2)7-9)12(17)16-6-5-14(15,8-16)13(18)19/h3-4,7H,5-6,8,15H2,1-2H3,(H,18,19). The minimum absolute atomic E-state index is 0.0640. The molecule has 5 nitrogen and oxygen atoms in total. The summed E-state index contributed by atoms with van der Waals surface area (Å²) >= 11 is 0. The third-order valence-electron chi connectivity index (χ3n) is 3.63. The number of carboxylic acid groups (broad SMARTS) is 1. The summed E-state index contributed by atoms with van der Waals surface area (Å²) in [7, 11) is 0. The highest BCUT2D eigenvalue weighted by Crippen LogP contribution is 2.22. The van der Waals surface area contributed by atoms with Crippen LogP contribution in [0.4, 0.5) is 0 Å². The van der Waals surface area contributed by atoms with Gasteiger partial charge in [-0.2, -0.15) is 0 Å². The van der Waals surface area contributed by atoms with Gasteiger partial charge in [0.25, 0.3) is 5.91 Å². The summed E-state index contributed by atoms with van der Waals surface area (Å²) in [4.78, 5) is 25.0. The number of nitrogens with two attached hydrogens (primary N) is 1. The van der Waals surface area contributed by atoms with Gasteiger partial charge in [0.05, 0.1) is 0 Å². The van der Waals surface area contributed by atoms with Gasteiger partial charge in [-0.15, -0.1) is 0 Å². The lowest BCUT2D eigenvalue weighted by Gasteiger charge is -2.21. The molecule has 0 spiro atoms. The number of rotatable bonds is 2. The van der Waals surface area contributed by atoms with E-state index >= 15 is 0 Å². The number of likely N-dealkylation sites (tertiary alicyclic amines) is 1. The lowest BCUT2D eigenvalue weighted by atomic mass is 10.0. The molecule has 2 rings (SSSR count). The quantitative estimate of drug-likeness (QED) is 0.830. The van der Waals surface area contributed by atoms with E-state index in [0.717, 1.165) is 11.1 Å². The van der Waals surface area contributed by atoms with E-state index in [1.165, 1.54) is 4.90 Å². The number of carbonyl (C=O) groups is 2. The molecule has 1 heterocycles. The van der Waals surface area contributed by atoms with Crippen molar-refractivity contribution in [3.05, 3.63) is 34.9 Å². The van der Waals surface area contributed by atoms with Crippen LogP contribution in [0.1, 0.15) is 27.9 Å². The first-order valence-electron chi connectivity index (χ1n) is 6.22. The molecule has 5 heteroatoms. The van der Waals surface area contributed by atoms with E-state index in [1.807, 2.05) is 26.0 Å². The van der Waals surface area contributed by atoms with Gasteiger partial charge >= 0.3 is 5.97 Å². The van der Waals surface area contributed by atoms with Crippen molar-refractivity contribution in [3.63, 3.8) is 0 Å². The maximum Gasteiger partial charge on any atom is 0.325 e. The van der Waals surface area contributed by atoms with Crippen molar-refractivity contribution in [2.45, 2.75) is 25.8 Å². The first kappa shape index (κ1) is 13.5. The Bertz CT molecular complexity index is 541. The summed E-state index contributed by atoms with van der Waals surface area (Å²) in [5.41, 5.74) is 7.07. The molecule has 1 amide bonds. The SMILES string of the molecule is Cc1ccc(C(=O)N2CCC(N)(C(=O)O)C2)c(C)c1. The molecule has 0 bridgehead atoms. The summed E-state index contributed by atoms with van der Waals surface area (Å²) in [6, 6.07) is 5.60. The Labute approximate surface area is 112 Å². The van der Waals surface area contributed by atoms with Gasteiger partial charge in [-0.25, -0.2) is 0 Å². The zero-order valence-electron chi connectivity index (χ0n) is 11.1. The fourth-order valence-corrected chi connectivity index (χ4v) is 2.40. The zero-order chi connectivity index (χ0) is 14.2. The number of nitrogens with zero attached hydrogens (tertiary/aromatic N) is 1. The lowest BCUT2D eigenvalue weighted by molar-refractivity contribution is -0.142. The first-order chi connectivity index (χ1) is 8.83. The average Bonchev–Trinajstić information content (AvgIpc) is 2.73. The van der Waals surface area contributed by atoms with Gasteiger partial charge < -0.3 is 15.7 Å². The predicted octanol–water partition coefficient (Wildman–Crippen LogP) is 0.931. The Balaban J connectivity index is 2.20. The number of aryl methyl sites for hydroxylation is 2. The molecule has 1 saturated heterocycles. The number of aliphatic carboxylic acids is 1. The molecule has 1 aliphatic rings. The maximum atomic E-state index is 12.4. The molecule has 1 aromatic rings. The van der Waals surface area contributed by atoms with E-state index < -0.39 is 11.5 Å². The first-order valence-corrected chi connectivity index (χ1v) is 6.22. The largest absolute Gasteiger partial charge is 0.480 e. The number of hydrogen-bond acceptors (Lipinski definition) is 3. The zero-order valence-corrected chi connectivity index (χ0v) is 11.1. The van der Waals surface area contributed by atoms with E-state index in [4.69, 9.17) is 10.8 Å². The van der Waals surface area contributed by atoms with E-state index in [9.17, 15) is 9.59 Å². The second-order valence-corrected chi connectivity index (χ2v) is 5.26. The van der Waals surface area contributed by atoms with Crippen molar-refractivity contribution in [2.75, 3.05) is 13.1 Å².